The molecule has 0 saturated heterocycles. The number of para-hydroxylation sites is 1. The second kappa shape index (κ2) is 11.5. The molecule has 5 N–H and O–H groups in total. The number of aromatic nitrogens is 4. The number of fused-ring (bicyclic) bond motifs is 1. The number of hydrogen-bond donors (Lipinski definition) is 3. The number of pyridine rings is 1. The Balaban J connectivity index is 1.56. The molecule has 0 amide bonds. The lowest BCUT2D eigenvalue weighted by atomic mass is 9.97. The third-order valence-corrected chi connectivity index (χ3v) is 6.99. The normalized spacial score (nSPS) is 11.1. The van der Waals surface area contributed by atoms with Crippen molar-refractivity contribution in [1.82, 2.24) is 19.5 Å². The molecule has 0 radical (unpaired) electrons. The third kappa shape index (κ3) is 5.41. The number of carboxylic acid groups (broad SMARTS) is 1. The van der Waals surface area contributed by atoms with E-state index < -0.39 is 5.97 Å². The molecule has 3 aromatic carbocycles. The summed E-state index contributed by atoms with van der Waals surface area (Å²) in [7, 11) is 0. The van der Waals surface area contributed by atoms with Crippen molar-refractivity contribution in [3.8, 4) is 34.1 Å². The van der Waals surface area contributed by atoms with Crippen LogP contribution in [0.15, 0.2) is 104 Å². The number of aliphatic carboxylic acids is 1. The van der Waals surface area contributed by atoms with Gasteiger partial charge in [-0.25, -0.2) is 15.0 Å². The quantitative estimate of drug-likeness (QED) is 0.215. The molecule has 9 nitrogen and oxygen atoms in total. The molecule has 42 heavy (non-hydrogen) atoms. The SMILES string of the molecule is NCc1cccc(-c2cc(COc3ccccc3CC(=O)O)cc3c2cc(-c2ccnc(N)c2)n3-c2ncccn2)c1. The van der Waals surface area contributed by atoms with Gasteiger partial charge in [0.2, 0.25) is 5.95 Å². The van der Waals surface area contributed by atoms with Crippen molar-refractivity contribution in [3.05, 3.63) is 120 Å². The molecule has 0 atom stereocenters. The number of carbonyl (C=O) groups is 1. The Labute approximate surface area is 242 Å². The molecule has 0 spiro atoms. The van der Waals surface area contributed by atoms with Gasteiger partial charge in [-0.05, 0) is 70.8 Å². The minimum absolute atomic E-state index is 0.126. The summed E-state index contributed by atoms with van der Waals surface area (Å²) in [5.74, 6) is 0.522. The zero-order valence-electron chi connectivity index (χ0n) is 22.6. The molecule has 9 heteroatoms. The van der Waals surface area contributed by atoms with Gasteiger partial charge in [0.15, 0.2) is 0 Å². The summed E-state index contributed by atoms with van der Waals surface area (Å²) < 4.78 is 8.22. The first-order valence-corrected chi connectivity index (χ1v) is 13.4. The van der Waals surface area contributed by atoms with Gasteiger partial charge in [-0.3, -0.25) is 9.36 Å². The maximum absolute atomic E-state index is 11.4. The van der Waals surface area contributed by atoms with E-state index in [1.807, 2.05) is 34.9 Å². The van der Waals surface area contributed by atoms with E-state index in [9.17, 15) is 9.90 Å². The van der Waals surface area contributed by atoms with E-state index in [4.69, 9.17) is 16.2 Å². The molecule has 0 fully saturated rings. The summed E-state index contributed by atoms with van der Waals surface area (Å²) in [4.78, 5) is 24.7. The van der Waals surface area contributed by atoms with E-state index >= 15 is 0 Å². The van der Waals surface area contributed by atoms with Gasteiger partial charge < -0.3 is 21.3 Å². The molecule has 3 heterocycles. The highest BCUT2D eigenvalue weighted by molar-refractivity contribution is 6.00. The van der Waals surface area contributed by atoms with Crippen molar-refractivity contribution in [3.63, 3.8) is 0 Å². The Hall–Kier alpha value is -5.54. The second-order valence-electron chi connectivity index (χ2n) is 9.83. The van der Waals surface area contributed by atoms with Crippen LogP contribution in [0.1, 0.15) is 16.7 Å². The van der Waals surface area contributed by atoms with Crippen molar-refractivity contribution in [2.45, 2.75) is 19.6 Å². The van der Waals surface area contributed by atoms with E-state index in [-0.39, 0.29) is 13.0 Å². The highest BCUT2D eigenvalue weighted by atomic mass is 16.5. The van der Waals surface area contributed by atoms with Gasteiger partial charge in [0.25, 0.3) is 0 Å². The van der Waals surface area contributed by atoms with Gasteiger partial charge in [0.1, 0.15) is 18.2 Å². The van der Waals surface area contributed by atoms with Gasteiger partial charge in [-0.2, -0.15) is 0 Å². The highest BCUT2D eigenvalue weighted by Gasteiger charge is 2.19. The van der Waals surface area contributed by atoms with Crippen LogP contribution in [0, 0.1) is 0 Å². The number of ether oxygens (including phenoxy) is 1. The lowest BCUT2D eigenvalue weighted by Gasteiger charge is -2.14. The highest BCUT2D eigenvalue weighted by Crippen LogP contribution is 2.38. The van der Waals surface area contributed by atoms with Crippen molar-refractivity contribution < 1.29 is 14.6 Å². The molecular weight excluding hydrogens is 528 g/mol. The second-order valence-corrected chi connectivity index (χ2v) is 9.83. The zero-order chi connectivity index (χ0) is 29.1. The van der Waals surface area contributed by atoms with Gasteiger partial charge >= 0.3 is 5.97 Å². The maximum atomic E-state index is 11.4. The fraction of sp³-hybridized carbons (Fsp3) is 0.0909. The lowest BCUT2D eigenvalue weighted by Crippen LogP contribution is -2.05. The Morgan fingerprint density at radius 1 is 0.833 bits per heavy atom. The smallest absolute Gasteiger partial charge is 0.307 e. The topological polar surface area (TPSA) is 142 Å². The molecule has 3 aromatic heterocycles. The van der Waals surface area contributed by atoms with Crippen LogP contribution in [0.3, 0.4) is 0 Å². The lowest BCUT2D eigenvalue weighted by molar-refractivity contribution is -0.136. The molecule has 0 saturated carbocycles. The third-order valence-electron chi connectivity index (χ3n) is 6.99. The minimum atomic E-state index is -0.917. The fourth-order valence-electron chi connectivity index (χ4n) is 5.11. The summed E-state index contributed by atoms with van der Waals surface area (Å²) >= 11 is 0. The largest absolute Gasteiger partial charge is 0.489 e. The van der Waals surface area contributed by atoms with Crippen LogP contribution in [0.4, 0.5) is 5.82 Å². The van der Waals surface area contributed by atoms with Crippen molar-refractivity contribution in [2.75, 3.05) is 5.73 Å². The maximum Gasteiger partial charge on any atom is 0.307 e. The van der Waals surface area contributed by atoms with Crippen LogP contribution < -0.4 is 16.2 Å². The predicted octanol–water partition coefficient (Wildman–Crippen LogP) is 5.40. The van der Waals surface area contributed by atoms with Crippen LogP contribution in [-0.2, 0) is 24.4 Å². The Bertz CT molecular complexity index is 1900. The number of rotatable bonds is 9. The van der Waals surface area contributed by atoms with Gasteiger partial charge in [0, 0.05) is 41.6 Å². The molecule has 208 valence electrons. The number of nitrogens with two attached hydrogens (primary N) is 2. The average molecular weight is 557 g/mol. The number of carboxylic acids is 1. The first kappa shape index (κ1) is 26.7. The van der Waals surface area contributed by atoms with Crippen LogP contribution >= 0.6 is 0 Å². The molecule has 0 aliphatic rings. The molecular formula is C33H28N6O3. The molecule has 0 aliphatic carbocycles. The van der Waals surface area contributed by atoms with Crippen molar-refractivity contribution in [1.29, 1.82) is 0 Å². The summed E-state index contributed by atoms with van der Waals surface area (Å²) in [6, 6.07) is 27.1. The van der Waals surface area contributed by atoms with E-state index in [1.54, 1.807) is 42.9 Å². The summed E-state index contributed by atoms with van der Waals surface area (Å²) in [6.07, 6.45) is 4.96. The van der Waals surface area contributed by atoms with Crippen LogP contribution in [0.2, 0.25) is 0 Å². The average Bonchev–Trinajstić information content (AvgIpc) is 3.40. The van der Waals surface area contributed by atoms with Crippen molar-refractivity contribution >= 4 is 22.7 Å². The van der Waals surface area contributed by atoms with Crippen molar-refractivity contribution in [2.24, 2.45) is 5.73 Å². The van der Waals surface area contributed by atoms with Crippen LogP contribution in [0.5, 0.6) is 5.75 Å². The monoisotopic (exact) mass is 556 g/mol. The Morgan fingerprint density at radius 2 is 1.67 bits per heavy atom. The van der Waals surface area contributed by atoms with E-state index in [2.05, 4.69) is 45.3 Å². The van der Waals surface area contributed by atoms with Crippen LogP contribution in [0.25, 0.3) is 39.2 Å². The fourth-order valence-corrected chi connectivity index (χ4v) is 5.11. The number of nitrogens with zero attached hydrogens (tertiary/aromatic N) is 4. The first-order chi connectivity index (χ1) is 20.5. The summed E-state index contributed by atoms with van der Waals surface area (Å²) in [5, 5.41) is 10.3. The number of nitrogen functional groups attached to an aromatic ring is 1. The molecule has 6 rings (SSSR count). The van der Waals surface area contributed by atoms with Gasteiger partial charge in [-0.1, -0.05) is 36.4 Å². The predicted molar refractivity (Wildman–Crippen MR) is 162 cm³/mol. The Morgan fingerprint density at radius 3 is 2.45 bits per heavy atom. The number of anilines is 1. The first-order valence-electron chi connectivity index (χ1n) is 13.4. The molecule has 0 bridgehead atoms. The van der Waals surface area contributed by atoms with E-state index in [0.29, 0.717) is 29.6 Å². The van der Waals surface area contributed by atoms with Crippen LogP contribution in [-0.4, -0.2) is 30.6 Å². The van der Waals surface area contributed by atoms with E-state index in [0.717, 1.165) is 44.4 Å². The summed E-state index contributed by atoms with van der Waals surface area (Å²) in [6.45, 7) is 0.634. The molecule has 0 aliphatic heterocycles. The Kier molecular flexibility index (Phi) is 7.32. The van der Waals surface area contributed by atoms with E-state index in [1.165, 1.54) is 0 Å². The van der Waals surface area contributed by atoms with Gasteiger partial charge in [-0.15, -0.1) is 0 Å². The molecule has 6 aromatic rings. The van der Waals surface area contributed by atoms with Gasteiger partial charge in [0.05, 0.1) is 17.6 Å². The zero-order valence-corrected chi connectivity index (χ0v) is 22.6. The number of benzene rings is 3. The minimum Gasteiger partial charge on any atom is -0.489 e. The summed E-state index contributed by atoms with van der Waals surface area (Å²) in [5.41, 5.74) is 19.2. The standard InChI is InChI=1S/C33H28N6O3/c34-19-21-5-3-7-23(13-21)26-14-22(20-42-30-8-2-1-6-25(30)17-32(40)41)15-29-27(26)18-28(24-9-12-36-31(35)16-24)39(29)33-37-10-4-11-38-33/h1-16,18H,17,19-20,34H2,(H2,35,36)(H,40,41). The number of hydrogen-bond acceptors (Lipinski definition) is 7. The molecule has 0 unspecified atom stereocenters.